The molecule has 17 nitrogen and oxygen atoms in total. The summed E-state index contributed by atoms with van der Waals surface area (Å²) in [4.78, 5) is 12.3. The molecule has 1 aliphatic carbocycles. The minimum atomic E-state index is -0.417. The van der Waals surface area contributed by atoms with Gasteiger partial charge in [-0.05, 0) is 47.9 Å². The molecule has 364 valence electrons. The quantitative estimate of drug-likeness (QED) is 0.0913. The van der Waals surface area contributed by atoms with Gasteiger partial charge in [0.05, 0.1) is 159 Å². The van der Waals surface area contributed by atoms with E-state index in [1.807, 2.05) is 24.3 Å². The fraction of sp³-hybridized carbons (Fsp3) is 0.723. The molecule has 0 aromatic heterocycles. The summed E-state index contributed by atoms with van der Waals surface area (Å²) in [6, 6.07) is 16.6. The highest BCUT2D eigenvalue weighted by Gasteiger charge is 2.29. The second-order valence-corrected chi connectivity index (χ2v) is 14.6. The number of carbonyl (C=O) groups excluding carboxylic acids is 1. The Hall–Kier alpha value is -2.85. The van der Waals surface area contributed by atoms with E-state index in [-0.39, 0.29) is 12.2 Å². The molecule has 1 saturated heterocycles. The Morgan fingerprint density at radius 3 is 1.20 bits per heavy atom. The SMILES string of the molecule is O=C(NCCCOCCOCCOCCOCCOCCOCCOCCOCCOCCOCCOCCOCCOC1CCCCO1)OCC1c2ccccc2-c2ccccc21. The average molecular weight is 910 g/mol. The van der Waals surface area contributed by atoms with E-state index in [1.54, 1.807) is 0 Å². The van der Waals surface area contributed by atoms with Crippen LogP contribution < -0.4 is 5.32 Å². The molecule has 1 heterocycles. The molecule has 0 radical (unpaired) electrons. The van der Waals surface area contributed by atoms with Crippen molar-refractivity contribution in [1.82, 2.24) is 5.32 Å². The van der Waals surface area contributed by atoms with Gasteiger partial charge in [-0.25, -0.2) is 4.79 Å². The van der Waals surface area contributed by atoms with E-state index in [4.69, 9.17) is 71.1 Å². The summed E-state index contributed by atoms with van der Waals surface area (Å²) in [5, 5.41) is 2.81. The molecule has 2 aromatic carbocycles. The van der Waals surface area contributed by atoms with Crippen molar-refractivity contribution in [2.45, 2.75) is 37.9 Å². The Morgan fingerprint density at radius 1 is 0.469 bits per heavy atom. The number of alkyl carbamates (subject to hydrolysis) is 1. The van der Waals surface area contributed by atoms with Crippen molar-refractivity contribution < 1.29 is 75.8 Å². The maximum Gasteiger partial charge on any atom is 0.407 e. The summed E-state index contributed by atoms with van der Waals surface area (Å²) in [7, 11) is 0. The van der Waals surface area contributed by atoms with Gasteiger partial charge in [-0.3, -0.25) is 0 Å². The van der Waals surface area contributed by atoms with Crippen LogP contribution in [0.5, 0.6) is 0 Å². The molecular formula is C47H75NO16. The van der Waals surface area contributed by atoms with Crippen LogP contribution in [0.1, 0.15) is 42.7 Å². The zero-order chi connectivity index (χ0) is 44.6. The van der Waals surface area contributed by atoms with E-state index in [9.17, 15) is 4.79 Å². The Morgan fingerprint density at radius 2 is 0.828 bits per heavy atom. The van der Waals surface area contributed by atoms with Crippen molar-refractivity contribution >= 4 is 6.09 Å². The van der Waals surface area contributed by atoms with Crippen LogP contribution in [0.3, 0.4) is 0 Å². The number of hydrogen-bond acceptors (Lipinski definition) is 16. The first-order chi connectivity index (χ1) is 31.8. The predicted molar refractivity (Wildman–Crippen MR) is 237 cm³/mol. The Labute approximate surface area is 380 Å². The van der Waals surface area contributed by atoms with Gasteiger partial charge in [0.2, 0.25) is 0 Å². The third-order valence-corrected chi connectivity index (χ3v) is 9.84. The van der Waals surface area contributed by atoms with Crippen LogP contribution in [0.25, 0.3) is 11.1 Å². The topological polar surface area (TPSA) is 168 Å². The molecule has 1 unspecified atom stereocenters. The van der Waals surface area contributed by atoms with Gasteiger partial charge in [-0.2, -0.15) is 0 Å². The molecule has 1 aliphatic heterocycles. The third kappa shape index (κ3) is 25.7. The van der Waals surface area contributed by atoms with E-state index in [0.29, 0.717) is 185 Å². The van der Waals surface area contributed by atoms with Crippen LogP contribution in [-0.2, 0) is 71.1 Å². The minimum absolute atomic E-state index is 0.0466. The highest BCUT2D eigenvalue weighted by Crippen LogP contribution is 2.44. The Kier molecular flexibility index (Phi) is 32.2. The van der Waals surface area contributed by atoms with Crippen molar-refractivity contribution in [2.24, 2.45) is 0 Å². The van der Waals surface area contributed by atoms with E-state index in [0.717, 1.165) is 25.9 Å². The molecule has 0 spiro atoms. The zero-order valence-corrected chi connectivity index (χ0v) is 37.9. The summed E-state index contributed by atoms with van der Waals surface area (Å²) in [5.74, 6) is 0.0466. The van der Waals surface area contributed by atoms with Crippen molar-refractivity contribution in [3.05, 3.63) is 59.7 Å². The minimum Gasteiger partial charge on any atom is -0.449 e. The molecule has 1 amide bonds. The van der Waals surface area contributed by atoms with Crippen LogP contribution in [0, 0.1) is 0 Å². The number of fused-ring (bicyclic) bond motifs is 3. The molecule has 64 heavy (non-hydrogen) atoms. The number of amides is 1. The highest BCUT2D eigenvalue weighted by molar-refractivity contribution is 5.79. The fourth-order valence-electron chi connectivity index (χ4n) is 6.62. The summed E-state index contributed by atoms with van der Waals surface area (Å²) in [6.45, 7) is 14.1. The van der Waals surface area contributed by atoms with Gasteiger partial charge in [0.15, 0.2) is 6.29 Å². The lowest BCUT2D eigenvalue weighted by molar-refractivity contribution is -0.169. The summed E-state index contributed by atoms with van der Waals surface area (Å²) in [6.07, 6.45) is 3.43. The second kappa shape index (κ2) is 38.3. The molecule has 17 heteroatoms. The summed E-state index contributed by atoms with van der Waals surface area (Å²) in [5.41, 5.74) is 4.80. The van der Waals surface area contributed by atoms with E-state index in [2.05, 4.69) is 29.6 Å². The van der Waals surface area contributed by atoms with Crippen molar-refractivity contribution in [1.29, 1.82) is 0 Å². The molecule has 1 fully saturated rings. The number of nitrogens with one attached hydrogen (secondary N) is 1. The van der Waals surface area contributed by atoms with Crippen LogP contribution in [0.2, 0.25) is 0 Å². The van der Waals surface area contributed by atoms with Gasteiger partial charge in [-0.15, -0.1) is 0 Å². The number of rotatable bonds is 43. The smallest absolute Gasteiger partial charge is 0.407 e. The van der Waals surface area contributed by atoms with Crippen LogP contribution >= 0.6 is 0 Å². The lowest BCUT2D eigenvalue weighted by atomic mass is 9.98. The number of hydrogen-bond donors (Lipinski definition) is 1. The first kappa shape index (κ1) is 53.8. The Bertz CT molecular complexity index is 1360. The van der Waals surface area contributed by atoms with Crippen LogP contribution in [0.15, 0.2) is 48.5 Å². The first-order valence-corrected chi connectivity index (χ1v) is 23.1. The van der Waals surface area contributed by atoms with Gasteiger partial charge in [0, 0.05) is 25.7 Å². The van der Waals surface area contributed by atoms with Gasteiger partial charge in [-0.1, -0.05) is 48.5 Å². The third-order valence-electron chi connectivity index (χ3n) is 9.84. The molecule has 0 saturated carbocycles. The van der Waals surface area contributed by atoms with Crippen molar-refractivity contribution in [2.75, 3.05) is 185 Å². The number of carbonyl (C=O) groups is 1. The average Bonchev–Trinajstić information content (AvgIpc) is 3.65. The lowest BCUT2D eigenvalue weighted by Gasteiger charge is -2.22. The molecule has 2 aromatic rings. The van der Waals surface area contributed by atoms with E-state index < -0.39 is 6.09 Å². The van der Waals surface area contributed by atoms with Gasteiger partial charge in [0.25, 0.3) is 0 Å². The predicted octanol–water partition coefficient (Wildman–Crippen LogP) is 4.66. The first-order valence-electron chi connectivity index (χ1n) is 23.1. The molecule has 2 aliphatic rings. The monoisotopic (exact) mass is 910 g/mol. The van der Waals surface area contributed by atoms with E-state index >= 15 is 0 Å². The summed E-state index contributed by atoms with van der Waals surface area (Å²) < 4.78 is 83.0. The van der Waals surface area contributed by atoms with Crippen molar-refractivity contribution in [3.8, 4) is 11.1 Å². The van der Waals surface area contributed by atoms with Gasteiger partial charge < -0.3 is 76.4 Å². The maximum atomic E-state index is 12.3. The standard InChI is InChI=1S/C47H75NO16/c49-47(64-40-45-43-10-3-1-8-41(43)42-9-2-4-11-44(42)45)48-13-7-14-50-16-17-51-18-19-52-20-21-53-22-23-54-24-25-55-26-27-56-28-29-57-30-31-58-32-33-59-34-35-60-36-37-61-38-39-63-46-12-5-6-15-62-46/h1-4,8-11,45-46H,5-7,12-40H2,(H,48,49). The zero-order valence-electron chi connectivity index (χ0n) is 37.9. The highest BCUT2D eigenvalue weighted by atomic mass is 16.7. The maximum absolute atomic E-state index is 12.3. The van der Waals surface area contributed by atoms with Gasteiger partial charge in [0.1, 0.15) is 6.61 Å². The fourth-order valence-corrected chi connectivity index (χ4v) is 6.62. The lowest BCUT2D eigenvalue weighted by Crippen LogP contribution is -2.27. The summed E-state index contributed by atoms with van der Waals surface area (Å²) >= 11 is 0. The molecular weight excluding hydrogens is 835 g/mol. The Balaban J connectivity index is 0.747. The largest absolute Gasteiger partial charge is 0.449 e. The molecule has 1 N–H and O–H groups in total. The van der Waals surface area contributed by atoms with Crippen LogP contribution in [0.4, 0.5) is 4.79 Å². The molecule has 0 bridgehead atoms. The van der Waals surface area contributed by atoms with E-state index in [1.165, 1.54) is 22.3 Å². The molecule has 4 rings (SSSR count). The van der Waals surface area contributed by atoms with Crippen molar-refractivity contribution in [3.63, 3.8) is 0 Å². The molecule has 1 atom stereocenters. The normalized spacial score (nSPS) is 14.8. The second-order valence-electron chi connectivity index (χ2n) is 14.6. The number of ether oxygens (including phenoxy) is 15. The van der Waals surface area contributed by atoms with Gasteiger partial charge >= 0.3 is 6.09 Å². The van der Waals surface area contributed by atoms with Crippen LogP contribution in [-0.4, -0.2) is 197 Å². The number of benzene rings is 2.